The van der Waals surface area contributed by atoms with E-state index in [0.29, 0.717) is 31.3 Å². The number of benzene rings is 2. The molecule has 0 saturated carbocycles. The molecule has 3 unspecified atom stereocenters. The quantitative estimate of drug-likeness (QED) is 0.245. The Morgan fingerprint density at radius 1 is 0.882 bits per heavy atom. The smallest absolute Gasteiger partial charge is 0.122 e. The predicted molar refractivity (Wildman–Crippen MR) is 136 cm³/mol. The zero-order valence-corrected chi connectivity index (χ0v) is 20.5. The molecule has 0 radical (unpaired) electrons. The van der Waals surface area contributed by atoms with Crippen molar-refractivity contribution in [3.05, 3.63) is 65.2 Å². The van der Waals surface area contributed by atoms with Gasteiger partial charge in [0.1, 0.15) is 36.9 Å². The summed E-state index contributed by atoms with van der Waals surface area (Å²) >= 11 is 0. The molecule has 1 aliphatic carbocycles. The number of rotatable bonds is 13. The molecule has 0 N–H and O–H groups in total. The van der Waals surface area contributed by atoms with E-state index in [0.717, 1.165) is 44.0 Å². The maximum Gasteiger partial charge on any atom is 0.122 e. The maximum atomic E-state index is 6.12. The summed E-state index contributed by atoms with van der Waals surface area (Å²) in [5.41, 5.74) is 5.61. The molecule has 3 aliphatic rings. The normalized spacial score (nSPS) is 23.3. The van der Waals surface area contributed by atoms with Crippen LogP contribution in [0.2, 0.25) is 0 Å². The molecule has 34 heavy (non-hydrogen) atoms. The first kappa shape index (κ1) is 23.4. The van der Waals surface area contributed by atoms with Gasteiger partial charge in [-0.25, -0.2) is 0 Å². The van der Waals surface area contributed by atoms with Gasteiger partial charge in [-0.2, -0.15) is 0 Å². The van der Waals surface area contributed by atoms with Crippen LogP contribution < -0.4 is 9.47 Å². The molecule has 2 aliphatic heterocycles. The minimum Gasteiger partial charge on any atom is -0.491 e. The first-order valence-electron chi connectivity index (χ1n) is 13.2. The Kier molecular flexibility index (Phi) is 7.87. The van der Waals surface area contributed by atoms with Gasteiger partial charge in [-0.15, -0.1) is 0 Å². The summed E-state index contributed by atoms with van der Waals surface area (Å²) in [7, 11) is 0. The van der Waals surface area contributed by atoms with Crippen molar-refractivity contribution in [2.24, 2.45) is 0 Å². The van der Waals surface area contributed by atoms with Crippen LogP contribution in [0.3, 0.4) is 0 Å². The highest BCUT2D eigenvalue weighted by Crippen LogP contribution is 2.38. The molecule has 0 spiro atoms. The molecule has 4 heteroatoms. The second kappa shape index (κ2) is 11.4. The largest absolute Gasteiger partial charge is 0.491 e. The second-order valence-corrected chi connectivity index (χ2v) is 9.94. The van der Waals surface area contributed by atoms with Gasteiger partial charge >= 0.3 is 0 Å². The fourth-order valence-electron chi connectivity index (χ4n) is 4.79. The zero-order chi connectivity index (χ0) is 23.2. The van der Waals surface area contributed by atoms with Gasteiger partial charge in [-0.05, 0) is 84.6 Å². The summed E-state index contributed by atoms with van der Waals surface area (Å²) in [5, 5.41) is 0. The van der Waals surface area contributed by atoms with Crippen molar-refractivity contribution in [3.8, 4) is 11.5 Å². The van der Waals surface area contributed by atoms with Crippen molar-refractivity contribution < 1.29 is 18.9 Å². The highest BCUT2D eigenvalue weighted by molar-refractivity contribution is 5.68. The van der Waals surface area contributed by atoms with Crippen LogP contribution in [-0.4, -0.2) is 38.6 Å². The summed E-state index contributed by atoms with van der Waals surface area (Å²) in [4.78, 5) is 0. The second-order valence-electron chi connectivity index (χ2n) is 9.94. The third-order valence-corrected chi connectivity index (χ3v) is 7.16. The number of hydrogen-bond acceptors (Lipinski definition) is 4. The minimum absolute atomic E-state index is 0.290. The van der Waals surface area contributed by atoms with Crippen LogP contribution in [-0.2, 0) is 15.9 Å². The molecule has 2 aromatic rings. The van der Waals surface area contributed by atoms with Gasteiger partial charge in [0.2, 0.25) is 0 Å². The Labute approximate surface area is 204 Å². The molecule has 2 saturated heterocycles. The van der Waals surface area contributed by atoms with Gasteiger partial charge in [-0.1, -0.05) is 50.5 Å². The first-order chi connectivity index (χ1) is 16.8. The van der Waals surface area contributed by atoms with E-state index in [9.17, 15) is 0 Å². The summed E-state index contributed by atoms with van der Waals surface area (Å²) in [6, 6.07) is 15.5. The molecular weight excluding hydrogens is 424 g/mol. The van der Waals surface area contributed by atoms with Gasteiger partial charge in [0, 0.05) is 0 Å². The third kappa shape index (κ3) is 6.64. The lowest BCUT2D eigenvalue weighted by atomic mass is 9.82. The van der Waals surface area contributed by atoms with Gasteiger partial charge in [0.15, 0.2) is 0 Å². The average molecular weight is 463 g/mol. The van der Waals surface area contributed by atoms with E-state index in [-0.39, 0.29) is 0 Å². The van der Waals surface area contributed by atoms with Crippen molar-refractivity contribution in [3.63, 3.8) is 0 Å². The highest BCUT2D eigenvalue weighted by atomic mass is 16.6. The molecule has 0 amide bonds. The molecule has 2 heterocycles. The number of hydrogen-bond donors (Lipinski definition) is 0. The van der Waals surface area contributed by atoms with Crippen molar-refractivity contribution in [1.82, 2.24) is 0 Å². The molecule has 4 nitrogen and oxygen atoms in total. The highest BCUT2D eigenvalue weighted by Gasteiger charge is 2.24. The Morgan fingerprint density at radius 2 is 1.65 bits per heavy atom. The number of ether oxygens (including phenoxy) is 4. The molecule has 182 valence electrons. The zero-order valence-electron chi connectivity index (χ0n) is 20.5. The van der Waals surface area contributed by atoms with Crippen LogP contribution in [0.4, 0.5) is 0 Å². The van der Waals surface area contributed by atoms with E-state index in [1.807, 2.05) is 0 Å². The van der Waals surface area contributed by atoms with E-state index in [4.69, 9.17) is 18.9 Å². The van der Waals surface area contributed by atoms with Gasteiger partial charge in [-0.3, -0.25) is 0 Å². The van der Waals surface area contributed by atoms with E-state index in [2.05, 4.69) is 55.5 Å². The standard InChI is InChI=1S/C30H38O4/c1-2-3-4-5-6-26-17-25(13-16-30(26)34-21-29-20-33-29)24-9-7-22(8-10-24)23-11-14-27(15-12-23)31-18-28-19-32-28/h9,11-17,22,28-29H,2-8,10,18-21H2,1H3. The van der Waals surface area contributed by atoms with Crippen molar-refractivity contribution in [2.45, 2.75) is 76.4 Å². The molecule has 2 fully saturated rings. The fraction of sp³-hybridized carbons (Fsp3) is 0.533. The summed E-state index contributed by atoms with van der Waals surface area (Å²) in [6.45, 7) is 5.27. The molecule has 3 atom stereocenters. The van der Waals surface area contributed by atoms with Crippen LogP contribution in [0.15, 0.2) is 48.5 Å². The van der Waals surface area contributed by atoms with Gasteiger partial charge in [0.25, 0.3) is 0 Å². The Hall–Kier alpha value is -2.30. The average Bonchev–Trinajstić information content (AvgIpc) is 3.80. The van der Waals surface area contributed by atoms with Crippen LogP contribution in [0.25, 0.3) is 5.57 Å². The summed E-state index contributed by atoms with van der Waals surface area (Å²) < 4.78 is 22.5. The first-order valence-corrected chi connectivity index (χ1v) is 13.2. The van der Waals surface area contributed by atoms with Gasteiger partial charge < -0.3 is 18.9 Å². The van der Waals surface area contributed by atoms with Crippen molar-refractivity contribution in [1.29, 1.82) is 0 Å². The maximum absolute atomic E-state index is 6.12. The van der Waals surface area contributed by atoms with Crippen LogP contribution in [0.5, 0.6) is 11.5 Å². The molecule has 0 aromatic heterocycles. The van der Waals surface area contributed by atoms with Crippen LogP contribution in [0, 0.1) is 0 Å². The molecule has 2 aromatic carbocycles. The topological polar surface area (TPSA) is 43.5 Å². The van der Waals surface area contributed by atoms with Crippen LogP contribution in [0.1, 0.15) is 74.5 Å². The van der Waals surface area contributed by atoms with Crippen LogP contribution >= 0.6 is 0 Å². The lowest BCUT2D eigenvalue weighted by Gasteiger charge is -2.23. The molecular formula is C30H38O4. The predicted octanol–water partition coefficient (Wildman–Crippen LogP) is 6.72. The Balaban J connectivity index is 1.21. The third-order valence-electron chi connectivity index (χ3n) is 7.16. The monoisotopic (exact) mass is 462 g/mol. The lowest BCUT2D eigenvalue weighted by molar-refractivity contribution is 0.261. The minimum atomic E-state index is 0.290. The number of epoxide rings is 2. The summed E-state index contributed by atoms with van der Waals surface area (Å²) in [6.07, 6.45) is 12.6. The van der Waals surface area contributed by atoms with Gasteiger partial charge in [0.05, 0.1) is 13.2 Å². The fourth-order valence-corrected chi connectivity index (χ4v) is 4.79. The number of aryl methyl sites for hydroxylation is 1. The number of unbranched alkanes of at least 4 members (excludes halogenated alkanes) is 3. The lowest BCUT2D eigenvalue weighted by Crippen LogP contribution is -2.07. The number of allylic oxidation sites excluding steroid dienone is 2. The van der Waals surface area contributed by atoms with E-state index >= 15 is 0 Å². The Morgan fingerprint density at radius 3 is 2.32 bits per heavy atom. The Bertz CT molecular complexity index is 956. The van der Waals surface area contributed by atoms with E-state index < -0.39 is 0 Å². The van der Waals surface area contributed by atoms with E-state index in [1.54, 1.807) is 0 Å². The van der Waals surface area contributed by atoms with Crippen molar-refractivity contribution in [2.75, 3.05) is 26.4 Å². The summed E-state index contributed by atoms with van der Waals surface area (Å²) in [5.74, 6) is 2.56. The SMILES string of the molecule is CCCCCCc1cc(C2=CCC(c3ccc(OCC4CO4)cc3)CC2)ccc1OCC1CO1. The van der Waals surface area contributed by atoms with Crippen molar-refractivity contribution >= 4 is 5.57 Å². The molecule has 5 rings (SSSR count). The molecule has 0 bridgehead atoms. The van der Waals surface area contributed by atoms with E-state index in [1.165, 1.54) is 54.4 Å².